The number of rotatable bonds is 7. The zero-order valence-corrected chi connectivity index (χ0v) is 19.9. The van der Waals surface area contributed by atoms with Gasteiger partial charge in [0.05, 0.1) is 23.1 Å². The Morgan fingerprint density at radius 3 is 2.30 bits per heavy atom. The minimum atomic E-state index is -0.295. The van der Waals surface area contributed by atoms with Gasteiger partial charge in [0, 0.05) is 18.0 Å². The number of aromatic nitrogens is 2. The highest BCUT2D eigenvalue weighted by Crippen LogP contribution is 2.34. The Morgan fingerprint density at radius 1 is 0.970 bits per heavy atom. The highest BCUT2D eigenvalue weighted by molar-refractivity contribution is 7.18. The van der Waals surface area contributed by atoms with E-state index in [1.54, 1.807) is 40.2 Å². The van der Waals surface area contributed by atoms with E-state index in [0.717, 1.165) is 54.6 Å². The van der Waals surface area contributed by atoms with Crippen molar-refractivity contribution < 1.29 is 9.59 Å². The van der Waals surface area contributed by atoms with Gasteiger partial charge in [0.1, 0.15) is 10.7 Å². The molecule has 0 atom stereocenters. The minimum absolute atomic E-state index is 0.0434. The van der Waals surface area contributed by atoms with E-state index in [0.29, 0.717) is 23.5 Å². The number of carbonyl (C=O) groups excluding carboxylic acids is 2. The molecule has 0 spiro atoms. The number of fused-ring (bicyclic) bond motifs is 4. The van der Waals surface area contributed by atoms with E-state index in [2.05, 4.69) is 18.7 Å². The summed E-state index contributed by atoms with van der Waals surface area (Å²) in [6, 6.07) is 6.88. The molecule has 0 saturated carbocycles. The van der Waals surface area contributed by atoms with Crippen molar-refractivity contribution in [3.05, 3.63) is 62.0 Å². The fourth-order valence-electron chi connectivity index (χ4n) is 4.92. The lowest BCUT2D eigenvalue weighted by atomic mass is 9.97. The predicted octanol–water partition coefficient (Wildman–Crippen LogP) is 3.47. The zero-order chi connectivity index (χ0) is 23.1. The van der Waals surface area contributed by atoms with Crippen LogP contribution in [0.5, 0.6) is 0 Å². The van der Waals surface area contributed by atoms with E-state index in [4.69, 9.17) is 4.98 Å². The summed E-state index contributed by atoms with van der Waals surface area (Å²) < 4.78 is 1.70. The second-order valence-electron chi connectivity index (χ2n) is 8.64. The van der Waals surface area contributed by atoms with Gasteiger partial charge < -0.3 is 0 Å². The summed E-state index contributed by atoms with van der Waals surface area (Å²) in [7, 11) is 0. The molecule has 0 bridgehead atoms. The molecule has 0 unspecified atom stereocenters. The van der Waals surface area contributed by atoms with E-state index < -0.39 is 0 Å². The van der Waals surface area contributed by atoms with Crippen molar-refractivity contribution >= 4 is 33.4 Å². The second-order valence-corrected chi connectivity index (χ2v) is 9.73. The molecule has 5 rings (SSSR count). The first-order valence-corrected chi connectivity index (χ1v) is 12.6. The maximum Gasteiger partial charge on any atom is 0.262 e. The van der Waals surface area contributed by atoms with Gasteiger partial charge in [-0.05, 0) is 56.5 Å². The van der Waals surface area contributed by atoms with Crippen molar-refractivity contribution in [2.75, 3.05) is 19.6 Å². The molecular weight excluding hydrogens is 436 g/mol. The van der Waals surface area contributed by atoms with Crippen LogP contribution >= 0.6 is 11.3 Å². The van der Waals surface area contributed by atoms with Crippen molar-refractivity contribution in [2.45, 2.75) is 52.6 Å². The van der Waals surface area contributed by atoms with Gasteiger partial charge in [-0.3, -0.25) is 28.8 Å². The van der Waals surface area contributed by atoms with Crippen molar-refractivity contribution in [3.63, 3.8) is 0 Å². The number of benzene rings is 1. The Balaban J connectivity index is 1.53. The summed E-state index contributed by atoms with van der Waals surface area (Å²) in [5.74, 6) is 0.109. The molecule has 3 heterocycles. The van der Waals surface area contributed by atoms with Crippen LogP contribution in [0.1, 0.15) is 63.7 Å². The number of imide groups is 1. The predicted molar refractivity (Wildman–Crippen MR) is 129 cm³/mol. The van der Waals surface area contributed by atoms with Crippen LogP contribution in [-0.2, 0) is 25.9 Å². The van der Waals surface area contributed by atoms with Crippen LogP contribution in [0, 0.1) is 0 Å². The van der Waals surface area contributed by atoms with Crippen LogP contribution in [-0.4, -0.2) is 50.8 Å². The molecule has 2 aliphatic rings. The Hall–Kier alpha value is -2.84. The zero-order valence-electron chi connectivity index (χ0n) is 19.1. The van der Waals surface area contributed by atoms with Crippen LogP contribution in [0.15, 0.2) is 29.1 Å². The molecule has 0 fully saturated rings. The van der Waals surface area contributed by atoms with Gasteiger partial charge in [-0.25, -0.2) is 4.98 Å². The Bertz CT molecular complexity index is 1270. The Labute approximate surface area is 196 Å². The molecule has 8 heteroatoms. The van der Waals surface area contributed by atoms with Crippen LogP contribution < -0.4 is 5.56 Å². The number of carbonyl (C=O) groups is 2. The summed E-state index contributed by atoms with van der Waals surface area (Å²) in [6.45, 7) is 6.84. The minimum Gasteiger partial charge on any atom is -0.297 e. The third-order valence-corrected chi connectivity index (χ3v) is 8.02. The van der Waals surface area contributed by atoms with Gasteiger partial charge in [-0.15, -0.1) is 11.3 Å². The topological polar surface area (TPSA) is 75.5 Å². The van der Waals surface area contributed by atoms with Crippen molar-refractivity contribution in [1.29, 1.82) is 0 Å². The molecular formula is C25H28N4O3S. The molecule has 0 N–H and O–H groups in total. The lowest BCUT2D eigenvalue weighted by Gasteiger charge is -2.22. The fraction of sp³-hybridized carbons (Fsp3) is 0.440. The number of thiophene rings is 1. The van der Waals surface area contributed by atoms with Crippen LogP contribution in [0.3, 0.4) is 0 Å². The monoisotopic (exact) mass is 464 g/mol. The highest BCUT2D eigenvalue weighted by Gasteiger charge is 2.35. The number of hydrogen-bond donors (Lipinski definition) is 0. The van der Waals surface area contributed by atoms with Gasteiger partial charge in [0.2, 0.25) is 0 Å². The molecule has 3 aromatic rings. The largest absolute Gasteiger partial charge is 0.297 e. The first-order valence-electron chi connectivity index (χ1n) is 11.7. The highest BCUT2D eigenvalue weighted by atomic mass is 32.1. The molecule has 0 radical (unpaired) electrons. The van der Waals surface area contributed by atoms with Crippen molar-refractivity contribution in [3.8, 4) is 0 Å². The maximum atomic E-state index is 13.7. The number of nitrogens with zero attached hydrogens (tertiary/aromatic N) is 4. The van der Waals surface area contributed by atoms with E-state index in [-0.39, 0.29) is 30.5 Å². The number of amides is 2. The van der Waals surface area contributed by atoms with Gasteiger partial charge in [0.15, 0.2) is 0 Å². The summed E-state index contributed by atoms with van der Waals surface area (Å²) in [5.41, 5.74) is 1.97. The number of aryl methyl sites for hydroxylation is 2. The number of hydrogen-bond acceptors (Lipinski definition) is 6. The van der Waals surface area contributed by atoms with E-state index in [1.165, 1.54) is 9.78 Å². The summed E-state index contributed by atoms with van der Waals surface area (Å²) in [6.07, 6.45) is 4.17. The SMILES string of the molecule is CCN(CC)Cc1nc2sc3c(c2c(=O)n1CCN1C(=O)c2ccccc2C1=O)CCCC3. The van der Waals surface area contributed by atoms with Crippen LogP contribution in [0.4, 0.5) is 0 Å². The van der Waals surface area contributed by atoms with Crippen molar-refractivity contribution in [1.82, 2.24) is 19.4 Å². The molecule has 1 aromatic carbocycles. The van der Waals surface area contributed by atoms with Crippen LogP contribution in [0.2, 0.25) is 0 Å². The molecule has 2 aromatic heterocycles. The summed E-state index contributed by atoms with van der Waals surface area (Å²) >= 11 is 1.65. The average molecular weight is 465 g/mol. The lowest BCUT2D eigenvalue weighted by Crippen LogP contribution is -2.37. The standard InChI is InChI=1S/C25H28N4O3S/c1-3-27(4-2)15-20-26-22-21(18-11-7-8-12-19(18)33-22)25(32)28(20)13-14-29-23(30)16-9-5-6-10-17(16)24(29)31/h5-6,9-10H,3-4,7-8,11-15H2,1-2H3. The summed E-state index contributed by atoms with van der Waals surface area (Å²) in [5, 5.41) is 0.736. The molecule has 7 nitrogen and oxygen atoms in total. The third-order valence-electron chi connectivity index (χ3n) is 6.84. The smallest absolute Gasteiger partial charge is 0.262 e. The first-order chi connectivity index (χ1) is 16.0. The van der Waals surface area contributed by atoms with Crippen molar-refractivity contribution in [2.24, 2.45) is 0 Å². The van der Waals surface area contributed by atoms with Crippen LogP contribution in [0.25, 0.3) is 10.2 Å². The molecule has 1 aliphatic heterocycles. The second kappa shape index (κ2) is 8.83. The van der Waals surface area contributed by atoms with E-state index in [9.17, 15) is 14.4 Å². The maximum absolute atomic E-state index is 13.7. The third kappa shape index (κ3) is 3.71. The lowest BCUT2D eigenvalue weighted by molar-refractivity contribution is 0.0647. The molecule has 0 saturated heterocycles. The van der Waals surface area contributed by atoms with E-state index in [1.807, 2.05) is 0 Å². The fourth-order valence-corrected chi connectivity index (χ4v) is 6.19. The summed E-state index contributed by atoms with van der Waals surface area (Å²) in [4.78, 5) is 49.9. The quantitative estimate of drug-likeness (QED) is 0.501. The van der Waals surface area contributed by atoms with Gasteiger partial charge in [-0.1, -0.05) is 26.0 Å². The Kier molecular flexibility index (Phi) is 5.88. The molecule has 33 heavy (non-hydrogen) atoms. The average Bonchev–Trinajstić information content (AvgIpc) is 3.32. The first kappa shape index (κ1) is 22.0. The normalized spacial score (nSPS) is 15.5. The van der Waals surface area contributed by atoms with Gasteiger partial charge in [-0.2, -0.15) is 0 Å². The van der Waals surface area contributed by atoms with E-state index >= 15 is 0 Å². The molecule has 1 aliphatic carbocycles. The molecule has 2 amide bonds. The Morgan fingerprint density at radius 2 is 1.64 bits per heavy atom. The molecule has 172 valence electrons. The van der Waals surface area contributed by atoms with Gasteiger partial charge >= 0.3 is 0 Å². The van der Waals surface area contributed by atoms with Gasteiger partial charge in [0.25, 0.3) is 17.4 Å².